The monoisotopic (exact) mass is 623 g/mol. The molecule has 0 saturated carbocycles. The van der Waals surface area contributed by atoms with Crippen LogP contribution in [-0.2, 0) is 9.47 Å². The van der Waals surface area contributed by atoms with Crippen molar-refractivity contribution in [3.8, 4) is 6.01 Å². The largest absolute Gasteiger partial charge is 0.463 e. The van der Waals surface area contributed by atoms with E-state index < -0.39 is 17.5 Å². The molecule has 2 fully saturated rings. The van der Waals surface area contributed by atoms with Crippen LogP contribution in [0.2, 0.25) is 5.15 Å². The number of hydrogen-bond acceptors (Lipinski definition) is 10. The molecule has 14 heteroatoms. The van der Waals surface area contributed by atoms with Crippen molar-refractivity contribution in [2.24, 2.45) is 5.92 Å². The lowest BCUT2D eigenvalue weighted by atomic mass is 9.94. The van der Waals surface area contributed by atoms with Gasteiger partial charge in [0.05, 0.1) is 12.0 Å². The van der Waals surface area contributed by atoms with Crippen molar-refractivity contribution in [2.45, 2.75) is 77.4 Å². The molecule has 1 N–H and O–H groups in total. The van der Waals surface area contributed by atoms with E-state index in [1.807, 2.05) is 20.8 Å². The Morgan fingerprint density at radius 2 is 1.86 bits per heavy atom. The maximum atomic E-state index is 15.3. The molecule has 2 amide bonds. The van der Waals surface area contributed by atoms with E-state index in [4.69, 9.17) is 30.8 Å². The number of fused-ring (bicyclic) bond motifs is 1. The van der Waals surface area contributed by atoms with Gasteiger partial charge in [-0.3, -0.25) is 5.01 Å². The van der Waals surface area contributed by atoms with Crippen LogP contribution in [0.25, 0.3) is 10.9 Å². The molecule has 0 spiro atoms. The Labute approximate surface area is 257 Å². The van der Waals surface area contributed by atoms with Crippen LogP contribution in [0.5, 0.6) is 6.01 Å². The number of nitrogens with one attached hydrogen (secondary N) is 1. The number of nitrogens with zero attached hydrogens (tertiary/aromatic N) is 6. The highest BCUT2D eigenvalue weighted by Crippen LogP contribution is 2.33. The minimum absolute atomic E-state index is 0.00583. The molecule has 12 nitrogen and oxygen atoms in total. The van der Waals surface area contributed by atoms with Crippen LogP contribution in [0.3, 0.4) is 0 Å². The Bertz CT molecular complexity index is 1280. The summed E-state index contributed by atoms with van der Waals surface area (Å²) >= 11 is 6.04. The summed E-state index contributed by atoms with van der Waals surface area (Å²) in [7, 11) is 3.31. The number of hydrazine groups is 1. The van der Waals surface area contributed by atoms with Crippen molar-refractivity contribution in [1.29, 1.82) is 0 Å². The van der Waals surface area contributed by atoms with E-state index in [1.165, 1.54) is 16.1 Å². The van der Waals surface area contributed by atoms with Gasteiger partial charge in [0.2, 0.25) is 0 Å². The second-order valence-electron chi connectivity index (χ2n) is 12.3. The van der Waals surface area contributed by atoms with Gasteiger partial charge >= 0.3 is 18.2 Å². The third-order valence-corrected chi connectivity index (χ3v) is 7.61. The minimum atomic E-state index is -0.779. The van der Waals surface area contributed by atoms with Gasteiger partial charge in [-0.25, -0.2) is 24.0 Å². The van der Waals surface area contributed by atoms with Gasteiger partial charge in [-0.05, 0) is 78.2 Å². The zero-order valence-electron chi connectivity index (χ0n) is 25.7. The Hall–Kier alpha value is -3.19. The smallest absolute Gasteiger partial charge is 0.429 e. The highest BCUT2D eigenvalue weighted by atomic mass is 35.5. The Morgan fingerprint density at radius 3 is 2.60 bits per heavy atom. The topological polar surface area (TPSA) is 122 Å². The Morgan fingerprint density at radius 1 is 1.09 bits per heavy atom. The second kappa shape index (κ2) is 14.5. The number of ether oxygens (including phenoxy) is 3. The molecule has 43 heavy (non-hydrogen) atoms. The van der Waals surface area contributed by atoms with Gasteiger partial charge in [-0.2, -0.15) is 9.97 Å². The number of amides is 2. The van der Waals surface area contributed by atoms with E-state index in [2.05, 4.69) is 15.3 Å². The van der Waals surface area contributed by atoms with E-state index in [0.29, 0.717) is 37.5 Å². The molecule has 4 heterocycles. The van der Waals surface area contributed by atoms with Crippen molar-refractivity contribution >= 4 is 40.5 Å². The van der Waals surface area contributed by atoms with E-state index in [-0.39, 0.29) is 34.7 Å². The first-order chi connectivity index (χ1) is 20.4. The molecule has 0 aromatic carbocycles. The standard InChI is InChI=1S/C29H43ClFN7O5/c1-29(2,3)43-28(40)38-15-8-6-7-14-37(38)25-21-16-33-24(30)22(31)23(21)34-26(35-25)41-17-19-10-9-13-32-20(12-11-19)18-42-27(39)36(4)5/h16,19-20,32H,6-15,17-18H2,1-5H3. The lowest BCUT2D eigenvalue weighted by Crippen LogP contribution is -2.49. The summed E-state index contributed by atoms with van der Waals surface area (Å²) in [6.45, 7) is 7.72. The molecule has 2 unspecified atom stereocenters. The van der Waals surface area contributed by atoms with Gasteiger partial charge in [0, 0.05) is 39.4 Å². The molecule has 0 radical (unpaired) electrons. The summed E-state index contributed by atoms with van der Waals surface area (Å²) in [5, 5.41) is 6.69. The number of hydrogen-bond donors (Lipinski definition) is 1. The van der Waals surface area contributed by atoms with Crippen LogP contribution in [-0.4, -0.2) is 95.6 Å². The van der Waals surface area contributed by atoms with Crippen molar-refractivity contribution in [3.63, 3.8) is 0 Å². The first-order valence-corrected chi connectivity index (χ1v) is 15.3. The summed E-state index contributed by atoms with van der Waals surface area (Å²) in [6.07, 6.45) is 6.50. The van der Waals surface area contributed by atoms with Gasteiger partial charge in [-0.1, -0.05) is 11.6 Å². The zero-order valence-corrected chi connectivity index (χ0v) is 26.5. The second-order valence-corrected chi connectivity index (χ2v) is 12.6. The van der Waals surface area contributed by atoms with Crippen LogP contribution in [0.15, 0.2) is 6.20 Å². The predicted molar refractivity (Wildman–Crippen MR) is 161 cm³/mol. The molecule has 2 aromatic heterocycles. The quantitative estimate of drug-likeness (QED) is 0.430. The average Bonchev–Trinajstić information content (AvgIpc) is 3.19. The number of rotatable bonds is 6. The summed E-state index contributed by atoms with van der Waals surface area (Å²) in [4.78, 5) is 39.6. The van der Waals surface area contributed by atoms with Crippen LogP contribution < -0.4 is 15.1 Å². The Balaban J connectivity index is 1.56. The lowest BCUT2D eigenvalue weighted by Gasteiger charge is -2.35. The van der Waals surface area contributed by atoms with Gasteiger partial charge in [0.25, 0.3) is 0 Å². The molecule has 0 bridgehead atoms. The van der Waals surface area contributed by atoms with Gasteiger partial charge in [0.15, 0.2) is 16.8 Å². The summed E-state index contributed by atoms with van der Waals surface area (Å²) < 4.78 is 32.5. The highest BCUT2D eigenvalue weighted by molar-refractivity contribution is 6.30. The minimum Gasteiger partial charge on any atom is -0.463 e. The number of carbonyl (C=O) groups excluding carboxylic acids is 2. The van der Waals surface area contributed by atoms with Crippen molar-refractivity contribution in [1.82, 2.24) is 30.2 Å². The van der Waals surface area contributed by atoms with E-state index in [0.717, 1.165) is 51.5 Å². The molecule has 2 atom stereocenters. The van der Waals surface area contributed by atoms with Crippen molar-refractivity contribution < 1.29 is 28.2 Å². The first-order valence-electron chi connectivity index (χ1n) is 14.9. The zero-order chi connectivity index (χ0) is 31.1. The summed E-state index contributed by atoms with van der Waals surface area (Å²) in [5.41, 5.74) is -0.726. The van der Waals surface area contributed by atoms with E-state index in [1.54, 1.807) is 19.1 Å². The Kier molecular flexibility index (Phi) is 11.0. The fraction of sp³-hybridized carbons (Fsp3) is 0.690. The number of carbonyl (C=O) groups is 2. The molecular weight excluding hydrogens is 581 g/mol. The molecule has 238 valence electrons. The first kappa shape index (κ1) is 32.7. The van der Waals surface area contributed by atoms with Gasteiger partial charge in [0.1, 0.15) is 17.7 Å². The molecule has 2 saturated heterocycles. The summed E-state index contributed by atoms with van der Waals surface area (Å²) in [6, 6.07) is 0.0366. The number of aromatic nitrogens is 3. The molecule has 2 aliphatic heterocycles. The van der Waals surface area contributed by atoms with Gasteiger partial charge < -0.3 is 24.4 Å². The van der Waals surface area contributed by atoms with Crippen molar-refractivity contribution in [3.05, 3.63) is 17.2 Å². The lowest BCUT2D eigenvalue weighted by molar-refractivity contribution is 0.0232. The number of halogens is 2. The van der Waals surface area contributed by atoms with E-state index >= 15 is 4.39 Å². The average molecular weight is 624 g/mol. The summed E-state index contributed by atoms with van der Waals surface area (Å²) in [5.74, 6) is -0.280. The SMILES string of the molecule is CN(C)C(=O)OCC1CCC(COc2nc(N3CCCCCN3C(=O)OC(C)(C)C)c3cnc(Cl)c(F)c3n2)CCCN1. The predicted octanol–water partition coefficient (Wildman–Crippen LogP) is 5.19. The molecule has 0 aliphatic carbocycles. The van der Waals surface area contributed by atoms with Gasteiger partial charge in [-0.15, -0.1) is 0 Å². The van der Waals surface area contributed by atoms with Crippen LogP contribution in [0.4, 0.5) is 19.8 Å². The molecule has 2 aromatic rings. The molecule has 4 rings (SSSR count). The van der Waals surface area contributed by atoms with Crippen molar-refractivity contribution in [2.75, 3.05) is 52.0 Å². The third-order valence-electron chi connectivity index (χ3n) is 7.35. The highest BCUT2D eigenvalue weighted by Gasteiger charge is 2.32. The molecular formula is C29H43ClFN7O5. The maximum Gasteiger partial charge on any atom is 0.429 e. The normalized spacial score (nSPS) is 20.2. The van der Waals surface area contributed by atoms with E-state index in [9.17, 15) is 9.59 Å². The molecule has 2 aliphatic rings. The van der Waals surface area contributed by atoms with Crippen LogP contribution in [0, 0.1) is 11.7 Å². The maximum absolute atomic E-state index is 15.3. The third kappa shape index (κ3) is 8.91. The fourth-order valence-electron chi connectivity index (χ4n) is 5.11. The van der Waals surface area contributed by atoms with Crippen LogP contribution >= 0.6 is 11.6 Å². The van der Waals surface area contributed by atoms with Crippen LogP contribution in [0.1, 0.15) is 65.7 Å². The number of anilines is 1. The fourth-order valence-corrected chi connectivity index (χ4v) is 5.25. The number of pyridine rings is 1.